The molecule has 0 fully saturated rings. The lowest BCUT2D eigenvalue weighted by atomic mass is 9.68. The highest BCUT2D eigenvalue weighted by Gasteiger charge is 2.36. The summed E-state index contributed by atoms with van der Waals surface area (Å²) < 4.78 is 0. The van der Waals surface area contributed by atoms with Gasteiger partial charge >= 0.3 is 0 Å². The fraction of sp³-hybridized carbons (Fsp3) is 0.500. The van der Waals surface area contributed by atoms with E-state index in [2.05, 4.69) is 12.1 Å². The number of rotatable bonds is 0. The Balaban J connectivity index is 3.35. The lowest BCUT2D eigenvalue weighted by Gasteiger charge is -2.32. The first-order chi connectivity index (χ1) is 6.39. The zero-order chi connectivity index (χ0) is 11.0. The Labute approximate surface area is 85.2 Å². The molecule has 1 aliphatic carbocycles. The summed E-state index contributed by atoms with van der Waals surface area (Å²) in [4.78, 5) is 0. The Bertz CT molecular complexity index is 365. The van der Waals surface area contributed by atoms with E-state index in [9.17, 15) is 0 Å². The van der Waals surface area contributed by atoms with Gasteiger partial charge in [-0.1, -0.05) is 12.2 Å². The molecule has 2 heteroatoms. The third-order valence-electron chi connectivity index (χ3n) is 3.34. The predicted octanol–water partition coefficient (Wildman–Crippen LogP) is 2.95. The molecule has 0 saturated carbocycles. The highest BCUT2D eigenvalue weighted by Crippen LogP contribution is 2.43. The summed E-state index contributed by atoms with van der Waals surface area (Å²) in [6.07, 6.45) is 3.66. The monoisotopic (exact) mass is 186 g/mol. The van der Waals surface area contributed by atoms with Crippen LogP contribution in [0.4, 0.5) is 0 Å². The Hall–Kier alpha value is -1.54. The second-order valence-electron chi connectivity index (χ2n) is 4.21. The van der Waals surface area contributed by atoms with Gasteiger partial charge < -0.3 is 0 Å². The molecule has 0 heterocycles. The van der Waals surface area contributed by atoms with Gasteiger partial charge in [-0.3, -0.25) is 0 Å². The predicted molar refractivity (Wildman–Crippen MR) is 55.0 cm³/mol. The third-order valence-corrected chi connectivity index (χ3v) is 3.34. The lowest BCUT2D eigenvalue weighted by Crippen LogP contribution is -2.25. The summed E-state index contributed by atoms with van der Waals surface area (Å²) in [5, 5.41) is 18.1. The van der Waals surface area contributed by atoms with Crippen LogP contribution in [0.5, 0.6) is 0 Å². The number of hydrogen-bond donors (Lipinski definition) is 0. The van der Waals surface area contributed by atoms with E-state index in [1.807, 2.05) is 39.8 Å². The number of allylic oxidation sites excluding steroid dienone is 4. The van der Waals surface area contributed by atoms with Crippen molar-refractivity contribution in [3.63, 3.8) is 0 Å². The van der Waals surface area contributed by atoms with Crippen molar-refractivity contribution in [2.24, 2.45) is 10.8 Å². The molecule has 2 nitrogen and oxygen atoms in total. The first-order valence-corrected chi connectivity index (χ1v) is 4.61. The number of hydrogen-bond acceptors (Lipinski definition) is 2. The number of nitrogens with zero attached hydrogens (tertiary/aromatic N) is 2. The standard InChI is InChI=1S/C12H14N2/c1-9-10(2)12(4,8-14)6-5-11(9,3)7-13/h5-6H,1-4H3. The van der Waals surface area contributed by atoms with Gasteiger partial charge in [0.25, 0.3) is 0 Å². The van der Waals surface area contributed by atoms with E-state index in [0.717, 1.165) is 11.1 Å². The fourth-order valence-electron chi connectivity index (χ4n) is 1.60. The first-order valence-electron chi connectivity index (χ1n) is 4.61. The van der Waals surface area contributed by atoms with Crippen LogP contribution in [0.2, 0.25) is 0 Å². The minimum Gasteiger partial charge on any atom is -0.197 e. The van der Waals surface area contributed by atoms with E-state index in [0.29, 0.717) is 0 Å². The molecule has 0 bridgehead atoms. The lowest BCUT2D eigenvalue weighted by molar-refractivity contribution is 0.565. The van der Waals surface area contributed by atoms with E-state index < -0.39 is 10.8 Å². The Kier molecular flexibility index (Phi) is 2.26. The van der Waals surface area contributed by atoms with Gasteiger partial charge in [-0.05, 0) is 38.8 Å². The van der Waals surface area contributed by atoms with Crippen LogP contribution in [-0.2, 0) is 0 Å². The van der Waals surface area contributed by atoms with Crippen LogP contribution in [-0.4, -0.2) is 0 Å². The van der Waals surface area contributed by atoms with Crippen LogP contribution in [0, 0.1) is 33.5 Å². The normalized spacial score (nSPS) is 36.4. The van der Waals surface area contributed by atoms with Gasteiger partial charge in [-0.15, -0.1) is 0 Å². The molecule has 0 aromatic rings. The zero-order valence-corrected chi connectivity index (χ0v) is 9.05. The van der Waals surface area contributed by atoms with Crippen molar-refractivity contribution in [2.75, 3.05) is 0 Å². The summed E-state index contributed by atoms with van der Waals surface area (Å²) in [6, 6.07) is 4.54. The topological polar surface area (TPSA) is 47.6 Å². The molecule has 1 aliphatic rings. The third kappa shape index (κ3) is 1.24. The highest BCUT2D eigenvalue weighted by molar-refractivity contribution is 5.44. The Morgan fingerprint density at radius 2 is 1.21 bits per heavy atom. The van der Waals surface area contributed by atoms with Crippen LogP contribution in [0.25, 0.3) is 0 Å². The van der Waals surface area contributed by atoms with Crippen molar-refractivity contribution in [3.8, 4) is 12.1 Å². The Morgan fingerprint density at radius 3 is 1.43 bits per heavy atom. The average molecular weight is 186 g/mol. The van der Waals surface area contributed by atoms with Gasteiger partial charge in [0.1, 0.15) is 0 Å². The molecule has 0 aliphatic heterocycles. The molecule has 0 N–H and O–H groups in total. The molecule has 0 aromatic heterocycles. The molecule has 14 heavy (non-hydrogen) atoms. The first kappa shape index (κ1) is 10.5. The summed E-state index contributed by atoms with van der Waals surface area (Å²) >= 11 is 0. The van der Waals surface area contributed by atoms with Crippen LogP contribution >= 0.6 is 0 Å². The smallest absolute Gasteiger partial charge is 0.0935 e. The second-order valence-corrected chi connectivity index (χ2v) is 4.21. The second kappa shape index (κ2) is 3.00. The van der Waals surface area contributed by atoms with Crippen molar-refractivity contribution >= 4 is 0 Å². The van der Waals surface area contributed by atoms with Gasteiger partial charge in [0.15, 0.2) is 0 Å². The SMILES string of the molecule is CC1=C(C)C(C)(C#N)C=CC1(C)C#N. The van der Waals surface area contributed by atoms with Crippen LogP contribution in [0.15, 0.2) is 23.3 Å². The van der Waals surface area contributed by atoms with Gasteiger partial charge in [-0.25, -0.2) is 0 Å². The molecule has 0 aromatic carbocycles. The maximum absolute atomic E-state index is 9.06. The largest absolute Gasteiger partial charge is 0.197 e. The summed E-state index contributed by atoms with van der Waals surface area (Å²) in [6.45, 7) is 7.61. The van der Waals surface area contributed by atoms with Gasteiger partial charge in [-0.2, -0.15) is 10.5 Å². The molecule has 2 atom stereocenters. The minimum absolute atomic E-state index is 0.541. The van der Waals surface area contributed by atoms with Gasteiger partial charge in [0.05, 0.1) is 23.0 Å². The molecule has 1 rings (SSSR count). The molecule has 2 unspecified atom stereocenters. The molecule has 0 saturated heterocycles. The van der Waals surface area contributed by atoms with Crippen molar-refractivity contribution < 1.29 is 0 Å². The van der Waals surface area contributed by atoms with E-state index in [-0.39, 0.29) is 0 Å². The minimum atomic E-state index is -0.541. The van der Waals surface area contributed by atoms with E-state index in [1.165, 1.54) is 0 Å². The highest BCUT2D eigenvalue weighted by atomic mass is 14.4. The molecule has 0 radical (unpaired) electrons. The summed E-state index contributed by atoms with van der Waals surface area (Å²) in [5.74, 6) is 0. The van der Waals surface area contributed by atoms with Crippen LogP contribution in [0.3, 0.4) is 0 Å². The maximum Gasteiger partial charge on any atom is 0.0935 e. The van der Waals surface area contributed by atoms with Gasteiger partial charge in [0, 0.05) is 0 Å². The molecule has 0 amide bonds. The number of nitriles is 2. The summed E-state index contributed by atoms with van der Waals surface area (Å²) in [5.41, 5.74) is 0.902. The quantitative estimate of drug-likeness (QED) is 0.546. The molecule has 72 valence electrons. The maximum atomic E-state index is 9.06. The van der Waals surface area contributed by atoms with E-state index in [1.54, 1.807) is 0 Å². The average Bonchev–Trinajstić information content (AvgIpc) is 2.21. The summed E-state index contributed by atoms with van der Waals surface area (Å²) in [7, 11) is 0. The van der Waals surface area contributed by atoms with E-state index >= 15 is 0 Å². The van der Waals surface area contributed by atoms with Crippen LogP contribution < -0.4 is 0 Å². The van der Waals surface area contributed by atoms with Crippen molar-refractivity contribution in [1.29, 1.82) is 10.5 Å². The van der Waals surface area contributed by atoms with Crippen molar-refractivity contribution in [1.82, 2.24) is 0 Å². The van der Waals surface area contributed by atoms with Gasteiger partial charge in [0.2, 0.25) is 0 Å². The fourth-order valence-corrected chi connectivity index (χ4v) is 1.60. The zero-order valence-electron chi connectivity index (χ0n) is 9.05. The Morgan fingerprint density at radius 1 is 0.929 bits per heavy atom. The van der Waals surface area contributed by atoms with Crippen molar-refractivity contribution in [3.05, 3.63) is 23.3 Å². The molecule has 0 spiro atoms. The van der Waals surface area contributed by atoms with E-state index in [4.69, 9.17) is 10.5 Å². The molecular formula is C12H14N2. The molecular weight excluding hydrogens is 172 g/mol. The van der Waals surface area contributed by atoms with Crippen molar-refractivity contribution in [2.45, 2.75) is 27.7 Å². The van der Waals surface area contributed by atoms with Crippen LogP contribution in [0.1, 0.15) is 27.7 Å².